The number of aliphatic hydroxyl groups excluding tert-OH is 2. The molecule has 412 valence electrons. The van der Waals surface area contributed by atoms with Gasteiger partial charge in [-0.3, -0.25) is 9.59 Å². The summed E-state index contributed by atoms with van der Waals surface area (Å²) in [6, 6.07) is -0.631. The van der Waals surface area contributed by atoms with Crippen molar-refractivity contribution in [1.29, 1.82) is 0 Å². The summed E-state index contributed by atoms with van der Waals surface area (Å²) in [6.45, 7) is 4.90. The van der Waals surface area contributed by atoms with E-state index in [1.54, 1.807) is 6.08 Å². The molecule has 2 atom stereocenters. The number of carbonyl (C=O) groups excluding carboxylic acids is 2. The van der Waals surface area contributed by atoms with E-state index >= 15 is 0 Å². The number of ether oxygens (including phenoxy) is 1. The zero-order valence-corrected chi connectivity index (χ0v) is 47.0. The molecule has 0 rings (SSSR count). The molecule has 0 aliphatic rings. The Kier molecular flexibility index (Phi) is 58.0. The molecule has 0 heterocycles. The predicted octanol–water partition coefficient (Wildman–Crippen LogP) is 19.6. The molecule has 0 aromatic carbocycles. The lowest BCUT2D eigenvalue weighted by atomic mass is 10.0. The molecule has 3 N–H and O–H groups in total. The summed E-state index contributed by atoms with van der Waals surface area (Å²) in [4.78, 5) is 24.5. The number of amides is 1. The first-order valence-electron chi connectivity index (χ1n) is 31.3. The van der Waals surface area contributed by atoms with Crippen LogP contribution in [-0.2, 0) is 14.3 Å². The van der Waals surface area contributed by atoms with Gasteiger partial charge in [0.15, 0.2) is 0 Å². The molecule has 6 nitrogen and oxygen atoms in total. The molecule has 1 amide bonds. The standard InChI is InChI=1S/C64H121NO5/c1-3-5-7-9-11-13-15-16-17-27-31-34-38-42-46-50-54-58-64(69)70-59-55-51-47-43-39-35-32-29-26-24-22-20-18-19-21-23-25-28-30-33-37-41-45-49-53-57-63(68)65-61(60-66)62(67)56-52-48-44-40-36-14-12-10-8-6-4-2/h19-22,52,56,61-62,66-67H,3-18,23-51,53-55,57-60H2,1-2H3,(H,65,68)/b21-19-,22-20-,56-52+. The van der Waals surface area contributed by atoms with Crippen LogP contribution in [0.1, 0.15) is 335 Å². The first kappa shape index (κ1) is 68.1. The Morgan fingerprint density at radius 3 is 1.09 bits per heavy atom. The van der Waals surface area contributed by atoms with Gasteiger partial charge in [0.1, 0.15) is 0 Å². The van der Waals surface area contributed by atoms with E-state index in [1.807, 2.05) is 6.08 Å². The number of rotatable bonds is 58. The summed E-state index contributed by atoms with van der Waals surface area (Å²) in [5, 5.41) is 23.0. The maximum atomic E-state index is 12.4. The second-order valence-corrected chi connectivity index (χ2v) is 21.4. The van der Waals surface area contributed by atoms with Crippen molar-refractivity contribution in [1.82, 2.24) is 5.32 Å². The molecule has 0 aliphatic heterocycles. The molecule has 0 bridgehead atoms. The van der Waals surface area contributed by atoms with Gasteiger partial charge in [0, 0.05) is 12.8 Å². The van der Waals surface area contributed by atoms with Gasteiger partial charge >= 0.3 is 5.97 Å². The summed E-state index contributed by atoms with van der Waals surface area (Å²) < 4.78 is 5.49. The number of aliphatic hydroxyl groups is 2. The molecule has 6 heteroatoms. The maximum absolute atomic E-state index is 12.4. The minimum atomic E-state index is -0.847. The number of hydrogen-bond acceptors (Lipinski definition) is 5. The van der Waals surface area contributed by atoms with Gasteiger partial charge in [-0.25, -0.2) is 0 Å². The highest BCUT2D eigenvalue weighted by Crippen LogP contribution is 2.17. The quantitative estimate of drug-likeness (QED) is 0.0321. The Balaban J connectivity index is 3.41. The second kappa shape index (κ2) is 59.6. The van der Waals surface area contributed by atoms with E-state index in [2.05, 4.69) is 43.5 Å². The van der Waals surface area contributed by atoms with Crippen LogP contribution in [-0.4, -0.2) is 47.4 Å². The number of hydrogen-bond donors (Lipinski definition) is 3. The molecule has 0 spiro atoms. The molecular formula is C64H121NO5. The van der Waals surface area contributed by atoms with Crippen molar-refractivity contribution < 1.29 is 24.5 Å². The molecule has 0 saturated carbocycles. The Morgan fingerprint density at radius 1 is 0.400 bits per heavy atom. The molecule has 0 aromatic rings. The van der Waals surface area contributed by atoms with Crippen LogP contribution in [0.2, 0.25) is 0 Å². The fraction of sp³-hybridized carbons (Fsp3) is 0.875. The molecule has 0 fully saturated rings. The van der Waals surface area contributed by atoms with E-state index < -0.39 is 12.1 Å². The fourth-order valence-electron chi connectivity index (χ4n) is 9.61. The first-order valence-corrected chi connectivity index (χ1v) is 31.3. The molecule has 2 unspecified atom stereocenters. The summed E-state index contributed by atoms with van der Waals surface area (Å²) in [7, 11) is 0. The SMILES string of the molecule is CCCCCCCCCCC/C=C/C(O)C(CO)NC(=O)CCCCCCCCCCC/C=C\C/C=C\CCCCCCCCCCCOC(=O)CCCCCCCCCCCCCCCCCCC. The average Bonchev–Trinajstić information content (AvgIpc) is 3.36. The highest BCUT2D eigenvalue weighted by Gasteiger charge is 2.18. The van der Waals surface area contributed by atoms with Gasteiger partial charge in [-0.1, -0.05) is 294 Å². The Hall–Kier alpha value is -1.92. The van der Waals surface area contributed by atoms with Crippen molar-refractivity contribution >= 4 is 11.9 Å². The number of esters is 1. The summed E-state index contributed by atoms with van der Waals surface area (Å²) in [5.74, 6) is -0.0626. The highest BCUT2D eigenvalue weighted by atomic mass is 16.5. The largest absolute Gasteiger partial charge is 0.466 e. The molecule has 0 radical (unpaired) electrons. The van der Waals surface area contributed by atoms with Crippen molar-refractivity contribution in [3.8, 4) is 0 Å². The predicted molar refractivity (Wildman–Crippen MR) is 306 cm³/mol. The third-order valence-corrected chi connectivity index (χ3v) is 14.4. The summed E-state index contributed by atoms with van der Waals surface area (Å²) in [6.07, 6.45) is 74.8. The number of allylic oxidation sites excluding steroid dienone is 5. The monoisotopic (exact) mass is 984 g/mol. The van der Waals surface area contributed by atoms with Gasteiger partial charge in [0.25, 0.3) is 0 Å². The van der Waals surface area contributed by atoms with Gasteiger partial charge < -0.3 is 20.3 Å². The van der Waals surface area contributed by atoms with Gasteiger partial charge in [-0.15, -0.1) is 0 Å². The van der Waals surface area contributed by atoms with Gasteiger partial charge in [-0.2, -0.15) is 0 Å². The van der Waals surface area contributed by atoms with Crippen LogP contribution in [0, 0.1) is 0 Å². The molecule has 70 heavy (non-hydrogen) atoms. The molecule has 0 saturated heterocycles. The fourth-order valence-corrected chi connectivity index (χ4v) is 9.61. The van der Waals surface area contributed by atoms with Crippen LogP contribution in [0.15, 0.2) is 36.5 Å². The minimum Gasteiger partial charge on any atom is -0.466 e. The van der Waals surface area contributed by atoms with E-state index in [9.17, 15) is 19.8 Å². The van der Waals surface area contributed by atoms with E-state index in [-0.39, 0.29) is 18.5 Å². The lowest BCUT2D eigenvalue weighted by Crippen LogP contribution is -2.45. The van der Waals surface area contributed by atoms with Crippen molar-refractivity contribution in [2.45, 2.75) is 347 Å². The molecular weight excluding hydrogens is 863 g/mol. The normalized spacial score (nSPS) is 12.8. The topological polar surface area (TPSA) is 95.9 Å². The van der Waals surface area contributed by atoms with Crippen LogP contribution in [0.25, 0.3) is 0 Å². The van der Waals surface area contributed by atoms with Crippen molar-refractivity contribution in [3.05, 3.63) is 36.5 Å². The second-order valence-electron chi connectivity index (χ2n) is 21.4. The zero-order valence-electron chi connectivity index (χ0n) is 47.0. The van der Waals surface area contributed by atoms with E-state index in [1.165, 1.54) is 263 Å². The van der Waals surface area contributed by atoms with Crippen LogP contribution in [0.5, 0.6) is 0 Å². The highest BCUT2D eigenvalue weighted by molar-refractivity contribution is 5.76. The van der Waals surface area contributed by atoms with E-state index in [4.69, 9.17) is 4.74 Å². The van der Waals surface area contributed by atoms with Crippen molar-refractivity contribution in [2.75, 3.05) is 13.2 Å². The van der Waals surface area contributed by atoms with Crippen LogP contribution in [0.3, 0.4) is 0 Å². The van der Waals surface area contributed by atoms with Gasteiger partial charge in [-0.05, 0) is 64.2 Å². The Labute approximate surface area is 436 Å². The maximum Gasteiger partial charge on any atom is 0.305 e. The van der Waals surface area contributed by atoms with Crippen LogP contribution >= 0.6 is 0 Å². The number of nitrogens with one attached hydrogen (secondary N) is 1. The zero-order chi connectivity index (χ0) is 50.7. The van der Waals surface area contributed by atoms with Gasteiger partial charge in [0.05, 0.1) is 25.4 Å². The average molecular weight is 985 g/mol. The minimum absolute atomic E-state index is 0.0124. The Bertz CT molecular complexity index is 1130. The molecule has 0 aromatic heterocycles. The van der Waals surface area contributed by atoms with Gasteiger partial charge in [0.2, 0.25) is 5.91 Å². The third-order valence-electron chi connectivity index (χ3n) is 14.4. The molecule has 0 aliphatic carbocycles. The first-order chi connectivity index (χ1) is 34.5. The van der Waals surface area contributed by atoms with E-state index in [0.29, 0.717) is 19.4 Å². The smallest absolute Gasteiger partial charge is 0.305 e. The number of carbonyl (C=O) groups is 2. The Morgan fingerprint density at radius 2 is 0.714 bits per heavy atom. The van der Waals surface area contributed by atoms with Crippen LogP contribution < -0.4 is 5.32 Å². The number of unbranched alkanes of at least 4 members (excludes halogenated alkanes) is 43. The third kappa shape index (κ3) is 55.4. The lowest BCUT2D eigenvalue weighted by molar-refractivity contribution is -0.143. The van der Waals surface area contributed by atoms with Crippen molar-refractivity contribution in [2.24, 2.45) is 0 Å². The summed E-state index contributed by atoms with van der Waals surface area (Å²) in [5.41, 5.74) is 0. The summed E-state index contributed by atoms with van der Waals surface area (Å²) >= 11 is 0. The van der Waals surface area contributed by atoms with E-state index in [0.717, 1.165) is 44.9 Å². The van der Waals surface area contributed by atoms with Crippen molar-refractivity contribution in [3.63, 3.8) is 0 Å². The van der Waals surface area contributed by atoms with Crippen LogP contribution in [0.4, 0.5) is 0 Å². The lowest BCUT2D eigenvalue weighted by Gasteiger charge is -2.20.